The van der Waals surface area contributed by atoms with Crippen molar-refractivity contribution in [2.45, 2.75) is 27.7 Å². The Balaban J connectivity index is 1.77. The molecule has 0 atom stereocenters. The minimum atomic E-state index is -0.543. The number of ether oxygens (including phenoxy) is 1. The van der Waals surface area contributed by atoms with Gasteiger partial charge in [0.25, 0.3) is 0 Å². The normalized spacial score (nSPS) is 10.9. The SMILES string of the molecule is Cc1nc(C)c(C(=O)OCC(=O)c2cc(C)n(-c3ccc(F)cc3)c2C)s1. The molecule has 0 amide bonds. The predicted octanol–water partition coefficient (Wildman–Crippen LogP) is 4.35. The molecule has 2 aromatic heterocycles. The van der Waals surface area contributed by atoms with E-state index in [2.05, 4.69) is 4.98 Å². The summed E-state index contributed by atoms with van der Waals surface area (Å²) in [7, 11) is 0. The average molecular weight is 386 g/mol. The summed E-state index contributed by atoms with van der Waals surface area (Å²) in [6.07, 6.45) is 0. The molecule has 5 nitrogen and oxygen atoms in total. The fourth-order valence-corrected chi connectivity index (χ4v) is 3.84. The number of benzene rings is 1. The molecule has 0 bridgehead atoms. The van der Waals surface area contributed by atoms with E-state index < -0.39 is 5.97 Å². The smallest absolute Gasteiger partial charge is 0.350 e. The van der Waals surface area contributed by atoms with Crippen molar-refractivity contribution in [2.24, 2.45) is 0 Å². The Labute approximate surface area is 160 Å². The van der Waals surface area contributed by atoms with Crippen molar-refractivity contribution in [1.82, 2.24) is 9.55 Å². The second-order valence-electron chi connectivity index (χ2n) is 6.24. The molecule has 3 rings (SSSR count). The number of aromatic nitrogens is 2. The molecule has 0 fully saturated rings. The lowest BCUT2D eigenvalue weighted by Crippen LogP contribution is -2.15. The first kappa shape index (κ1) is 19.0. The molecule has 0 unspecified atom stereocenters. The van der Waals surface area contributed by atoms with Gasteiger partial charge in [0.1, 0.15) is 10.7 Å². The summed E-state index contributed by atoms with van der Waals surface area (Å²) >= 11 is 1.25. The van der Waals surface area contributed by atoms with Crippen LogP contribution in [-0.4, -0.2) is 27.9 Å². The molecule has 2 heterocycles. The van der Waals surface area contributed by atoms with Crippen LogP contribution in [0.1, 0.15) is 42.1 Å². The molecule has 1 aromatic carbocycles. The van der Waals surface area contributed by atoms with E-state index in [0.29, 0.717) is 21.8 Å². The molecule has 3 aromatic rings. The molecular weight excluding hydrogens is 367 g/mol. The van der Waals surface area contributed by atoms with Crippen LogP contribution < -0.4 is 0 Å². The van der Waals surface area contributed by atoms with E-state index in [1.165, 1.54) is 23.5 Å². The highest BCUT2D eigenvalue weighted by molar-refractivity contribution is 7.13. The number of aryl methyl sites for hydroxylation is 3. The summed E-state index contributed by atoms with van der Waals surface area (Å²) in [6.45, 7) is 6.87. The highest BCUT2D eigenvalue weighted by Crippen LogP contribution is 2.22. The first-order chi connectivity index (χ1) is 12.8. The van der Waals surface area contributed by atoms with E-state index >= 15 is 0 Å². The van der Waals surface area contributed by atoms with Gasteiger partial charge in [-0.05, 0) is 58.0 Å². The third-order valence-corrected chi connectivity index (χ3v) is 5.29. The number of halogens is 1. The van der Waals surface area contributed by atoms with Crippen LogP contribution in [0.2, 0.25) is 0 Å². The average Bonchev–Trinajstić information content (AvgIpc) is 3.11. The molecule has 7 heteroatoms. The topological polar surface area (TPSA) is 61.2 Å². The van der Waals surface area contributed by atoms with Crippen molar-refractivity contribution in [3.8, 4) is 5.69 Å². The molecule has 0 spiro atoms. The van der Waals surface area contributed by atoms with Gasteiger partial charge in [0.2, 0.25) is 5.78 Å². The van der Waals surface area contributed by atoms with Crippen LogP contribution in [0.15, 0.2) is 30.3 Å². The van der Waals surface area contributed by atoms with E-state index in [-0.39, 0.29) is 18.2 Å². The second-order valence-corrected chi connectivity index (χ2v) is 7.45. The number of Topliss-reactive ketones (excluding diaryl/α,β-unsaturated/α-hetero) is 1. The predicted molar refractivity (Wildman–Crippen MR) is 101 cm³/mol. The monoisotopic (exact) mass is 386 g/mol. The number of nitrogens with zero attached hydrogens (tertiary/aromatic N) is 2. The lowest BCUT2D eigenvalue weighted by molar-refractivity contribution is 0.0478. The number of esters is 1. The van der Waals surface area contributed by atoms with Crippen LogP contribution in [0.5, 0.6) is 0 Å². The van der Waals surface area contributed by atoms with Gasteiger partial charge in [0.15, 0.2) is 6.61 Å². The van der Waals surface area contributed by atoms with Gasteiger partial charge >= 0.3 is 5.97 Å². The molecule has 0 aliphatic heterocycles. The fourth-order valence-electron chi connectivity index (χ4n) is 3.03. The number of thiazole rings is 1. The van der Waals surface area contributed by atoms with E-state index in [1.54, 1.807) is 25.1 Å². The van der Waals surface area contributed by atoms with Crippen molar-refractivity contribution in [2.75, 3.05) is 6.61 Å². The van der Waals surface area contributed by atoms with Gasteiger partial charge in [-0.25, -0.2) is 14.2 Å². The zero-order chi connectivity index (χ0) is 19.7. The van der Waals surface area contributed by atoms with Gasteiger partial charge in [-0.3, -0.25) is 4.79 Å². The Hall–Kier alpha value is -2.80. The van der Waals surface area contributed by atoms with Gasteiger partial charge in [-0.2, -0.15) is 0 Å². The quantitative estimate of drug-likeness (QED) is 0.483. The lowest BCUT2D eigenvalue weighted by atomic mass is 10.1. The Morgan fingerprint density at radius 3 is 2.41 bits per heavy atom. The van der Waals surface area contributed by atoms with Crippen LogP contribution in [0.25, 0.3) is 5.69 Å². The van der Waals surface area contributed by atoms with E-state index in [1.807, 2.05) is 25.3 Å². The zero-order valence-corrected chi connectivity index (χ0v) is 16.3. The molecule has 0 N–H and O–H groups in total. The standard InChI is InChI=1S/C20H19FN2O3S/c1-11-9-17(13(3)23(11)16-7-5-15(21)6-8-16)18(24)10-26-20(25)19-12(2)22-14(4)27-19/h5-9H,10H2,1-4H3. The summed E-state index contributed by atoms with van der Waals surface area (Å²) in [5, 5.41) is 0.772. The van der Waals surface area contributed by atoms with E-state index in [0.717, 1.165) is 16.4 Å². The van der Waals surface area contributed by atoms with E-state index in [9.17, 15) is 14.0 Å². The maximum absolute atomic E-state index is 13.2. The number of ketones is 1. The number of hydrogen-bond donors (Lipinski definition) is 0. The molecular formula is C20H19FN2O3S. The van der Waals surface area contributed by atoms with Gasteiger partial charge < -0.3 is 9.30 Å². The highest BCUT2D eigenvalue weighted by Gasteiger charge is 2.20. The Morgan fingerprint density at radius 1 is 1.15 bits per heavy atom. The van der Waals surface area contributed by atoms with Gasteiger partial charge in [0.05, 0.1) is 10.7 Å². The van der Waals surface area contributed by atoms with Gasteiger partial charge in [-0.15, -0.1) is 11.3 Å². The maximum Gasteiger partial charge on any atom is 0.350 e. The van der Waals surface area contributed by atoms with Crippen LogP contribution >= 0.6 is 11.3 Å². The molecule has 0 radical (unpaired) electrons. The number of hydrogen-bond acceptors (Lipinski definition) is 5. The summed E-state index contributed by atoms with van der Waals surface area (Å²) in [6, 6.07) is 7.79. The van der Waals surface area contributed by atoms with Gasteiger partial charge in [0, 0.05) is 22.6 Å². The fraction of sp³-hybridized carbons (Fsp3) is 0.250. The largest absolute Gasteiger partial charge is 0.453 e. The van der Waals surface area contributed by atoms with Gasteiger partial charge in [-0.1, -0.05) is 0 Å². The minimum Gasteiger partial charge on any atom is -0.453 e. The summed E-state index contributed by atoms with van der Waals surface area (Å²) in [5.74, 6) is -1.15. The first-order valence-electron chi connectivity index (χ1n) is 8.37. The Kier molecular flexibility index (Phi) is 5.23. The maximum atomic E-state index is 13.2. The first-order valence-corrected chi connectivity index (χ1v) is 9.19. The number of carbonyl (C=O) groups excluding carboxylic acids is 2. The summed E-state index contributed by atoms with van der Waals surface area (Å²) in [5.41, 5.74) is 3.39. The van der Waals surface area contributed by atoms with Crippen LogP contribution in [0.3, 0.4) is 0 Å². The van der Waals surface area contributed by atoms with E-state index in [4.69, 9.17) is 4.74 Å². The zero-order valence-electron chi connectivity index (χ0n) is 15.5. The number of carbonyl (C=O) groups is 2. The van der Waals surface area contributed by atoms with Crippen LogP contribution in [0, 0.1) is 33.5 Å². The highest BCUT2D eigenvalue weighted by atomic mass is 32.1. The van der Waals surface area contributed by atoms with Crippen molar-refractivity contribution >= 4 is 23.1 Å². The molecule has 140 valence electrons. The molecule has 0 saturated heterocycles. The molecule has 0 aliphatic carbocycles. The Morgan fingerprint density at radius 2 is 1.81 bits per heavy atom. The summed E-state index contributed by atoms with van der Waals surface area (Å²) in [4.78, 5) is 29.4. The van der Waals surface area contributed by atoms with Crippen molar-refractivity contribution in [1.29, 1.82) is 0 Å². The third-order valence-electron chi connectivity index (χ3n) is 4.24. The molecule has 0 saturated carbocycles. The summed E-state index contributed by atoms with van der Waals surface area (Å²) < 4.78 is 20.2. The minimum absolute atomic E-state index is 0.288. The van der Waals surface area contributed by atoms with Crippen LogP contribution in [-0.2, 0) is 4.74 Å². The Bertz CT molecular complexity index is 1020. The van der Waals surface area contributed by atoms with Crippen molar-refractivity contribution in [3.05, 3.63) is 68.7 Å². The number of rotatable bonds is 5. The lowest BCUT2D eigenvalue weighted by Gasteiger charge is -2.10. The van der Waals surface area contributed by atoms with Crippen molar-refractivity contribution in [3.63, 3.8) is 0 Å². The van der Waals surface area contributed by atoms with Crippen molar-refractivity contribution < 1.29 is 18.7 Å². The molecule has 27 heavy (non-hydrogen) atoms. The third kappa shape index (κ3) is 3.83. The molecule has 0 aliphatic rings. The van der Waals surface area contributed by atoms with Crippen LogP contribution in [0.4, 0.5) is 4.39 Å². The second kappa shape index (κ2) is 7.44.